The van der Waals surface area contributed by atoms with Crippen molar-refractivity contribution in [2.45, 2.75) is 70.5 Å². The summed E-state index contributed by atoms with van der Waals surface area (Å²) in [6.45, 7) is 4.58. The smallest absolute Gasteiger partial charge is 0.226 e. The number of pyridine rings is 1. The summed E-state index contributed by atoms with van der Waals surface area (Å²) in [6, 6.07) is 16.9. The lowest BCUT2D eigenvalue weighted by Crippen LogP contribution is -2.34. The third kappa shape index (κ3) is 5.16. The average Bonchev–Trinajstić information content (AvgIpc) is 3.50. The largest absolute Gasteiger partial charge is 0.352 e. The highest BCUT2D eigenvalue weighted by atomic mass is 32.1. The van der Waals surface area contributed by atoms with Gasteiger partial charge in [0.05, 0.1) is 17.8 Å². The normalized spacial score (nSPS) is 20.4. The third-order valence-corrected chi connectivity index (χ3v) is 7.88. The molecule has 1 aromatic carbocycles. The van der Waals surface area contributed by atoms with Crippen LogP contribution in [0.4, 0.5) is 5.69 Å². The van der Waals surface area contributed by atoms with Crippen molar-refractivity contribution in [1.29, 1.82) is 0 Å². The molecule has 5 rings (SSSR count). The molecule has 1 aliphatic carbocycles. The average molecular weight is 502 g/mol. The summed E-state index contributed by atoms with van der Waals surface area (Å²) < 4.78 is 2.46. The number of anilines is 1. The zero-order valence-corrected chi connectivity index (χ0v) is 21.9. The molecule has 2 aromatic heterocycles. The van der Waals surface area contributed by atoms with Crippen molar-refractivity contribution in [2.24, 2.45) is 0 Å². The fraction of sp³-hybridized carbons (Fsp3) is 0.414. The van der Waals surface area contributed by atoms with Crippen molar-refractivity contribution < 1.29 is 4.79 Å². The van der Waals surface area contributed by atoms with Crippen LogP contribution in [0.1, 0.15) is 79.2 Å². The highest BCUT2D eigenvalue weighted by Gasteiger charge is 2.41. The van der Waals surface area contributed by atoms with Crippen LogP contribution in [0.3, 0.4) is 0 Å². The minimum Gasteiger partial charge on any atom is -0.352 e. The summed E-state index contributed by atoms with van der Waals surface area (Å²) in [5.74, 6) is -0.00537. The SMILES string of the molecule is Cc1ccc(C)c(NC(=O)CCN2C(=S)N[C@@H](c3ccccn3)[C@H]2c2cccn2C2CCCCC2)c1. The Balaban J connectivity index is 1.40. The minimum atomic E-state index is -0.0713. The molecule has 0 radical (unpaired) electrons. The summed E-state index contributed by atoms with van der Waals surface area (Å²) in [7, 11) is 0. The maximum atomic E-state index is 13.0. The van der Waals surface area contributed by atoms with Crippen molar-refractivity contribution in [2.75, 3.05) is 11.9 Å². The van der Waals surface area contributed by atoms with Crippen molar-refractivity contribution in [3.8, 4) is 0 Å². The van der Waals surface area contributed by atoms with E-state index in [1.165, 1.54) is 37.8 Å². The molecule has 0 bridgehead atoms. The molecule has 188 valence electrons. The predicted octanol–water partition coefficient (Wildman–Crippen LogP) is 6.01. The number of amides is 1. The quantitative estimate of drug-likeness (QED) is 0.389. The Hall–Kier alpha value is -3.19. The lowest BCUT2D eigenvalue weighted by molar-refractivity contribution is -0.116. The van der Waals surface area contributed by atoms with Crippen LogP contribution in [0.2, 0.25) is 0 Å². The van der Waals surface area contributed by atoms with Gasteiger partial charge in [-0.3, -0.25) is 9.78 Å². The molecule has 1 amide bonds. The van der Waals surface area contributed by atoms with Gasteiger partial charge in [-0.15, -0.1) is 0 Å². The molecule has 2 atom stereocenters. The fourth-order valence-corrected chi connectivity index (χ4v) is 5.95. The summed E-state index contributed by atoms with van der Waals surface area (Å²) in [4.78, 5) is 19.8. The Bertz CT molecular complexity index is 1220. The number of hydrogen-bond donors (Lipinski definition) is 2. The molecule has 2 fully saturated rings. The molecule has 1 saturated heterocycles. The van der Waals surface area contributed by atoms with Crippen molar-refractivity contribution in [1.82, 2.24) is 19.8 Å². The summed E-state index contributed by atoms with van der Waals surface area (Å²) >= 11 is 5.83. The van der Waals surface area contributed by atoms with Crippen LogP contribution < -0.4 is 10.6 Å². The monoisotopic (exact) mass is 501 g/mol. The van der Waals surface area contributed by atoms with Gasteiger partial charge in [0.1, 0.15) is 0 Å². The first kappa shape index (κ1) is 24.5. The number of hydrogen-bond acceptors (Lipinski definition) is 3. The molecular weight excluding hydrogens is 466 g/mol. The first-order chi connectivity index (χ1) is 17.5. The summed E-state index contributed by atoms with van der Waals surface area (Å²) in [6.07, 6.45) is 10.7. The second-order valence-corrected chi connectivity index (χ2v) is 10.5. The van der Waals surface area contributed by atoms with Crippen LogP contribution in [0.25, 0.3) is 0 Å². The second-order valence-electron chi connectivity index (χ2n) is 10.1. The Morgan fingerprint density at radius 1 is 1.11 bits per heavy atom. The van der Waals surface area contributed by atoms with Crippen LogP contribution in [-0.2, 0) is 4.79 Å². The van der Waals surface area contributed by atoms with Gasteiger partial charge in [0.15, 0.2) is 5.11 Å². The van der Waals surface area contributed by atoms with Gasteiger partial charge in [-0.2, -0.15) is 0 Å². The van der Waals surface area contributed by atoms with Gasteiger partial charge in [0.25, 0.3) is 0 Å². The van der Waals surface area contributed by atoms with E-state index in [4.69, 9.17) is 12.2 Å². The van der Waals surface area contributed by atoms with Crippen LogP contribution in [-0.4, -0.2) is 32.0 Å². The van der Waals surface area contributed by atoms with Crippen molar-refractivity contribution >= 4 is 28.9 Å². The van der Waals surface area contributed by atoms with E-state index in [9.17, 15) is 4.79 Å². The molecule has 6 nitrogen and oxygen atoms in total. The van der Waals surface area contributed by atoms with Gasteiger partial charge in [0.2, 0.25) is 5.91 Å². The lowest BCUT2D eigenvalue weighted by atomic mass is 9.94. The highest BCUT2D eigenvalue weighted by Crippen LogP contribution is 2.41. The van der Waals surface area contributed by atoms with Gasteiger partial charge in [0, 0.05) is 42.8 Å². The van der Waals surface area contributed by atoms with E-state index >= 15 is 0 Å². The van der Waals surface area contributed by atoms with E-state index in [2.05, 4.69) is 55.5 Å². The molecule has 3 heterocycles. The first-order valence-corrected chi connectivity index (χ1v) is 13.4. The Kier molecular flexibility index (Phi) is 7.37. The van der Waals surface area contributed by atoms with Gasteiger partial charge in [-0.25, -0.2) is 0 Å². The summed E-state index contributed by atoms with van der Waals surface area (Å²) in [5, 5.41) is 7.30. The third-order valence-electron chi connectivity index (χ3n) is 7.53. The molecule has 2 aliphatic rings. The molecule has 7 heteroatoms. The van der Waals surface area contributed by atoms with E-state index in [1.54, 1.807) is 0 Å². The number of thiocarbonyl (C=S) groups is 1. The zero-order valence-electron chi connectivity index (χ0n) is 21.1. The van der Waals surface area contributed by atoms with E-state index < -0.39 is 0 Å². The van der Waals surface area contributed by atoms with Gasteiger partial charge < -0.3 is 20.1 Å². The molecule has 2 N–H and O–H groups in total. The molecular formula is C29H35N5OS. The van der Waals surface area contributed by atoms with Crippen molar-refractivity contribution in [3.63, 3.8) is 0 Å². The standard InChI is InChI=1S/C29H35N5OS/c1-20-13-14-21(2)24(19-20)31-26(35)15-18-34-28(27(32-29(34)36)23-11-6-7-16-30-23)25-12-8-17-33(25)22-9-4-3-5-10-22/h6-8,11-14,16-17,19,22,27-28H,3-5,9-10,15,18H2,1-2H3,(H,31,35)(H,32,36)/t27-,28+/m0/s1. The predicted molar refractivity (Wildman–Crippen MR) is 148 cm³/mol. The second kappa shape index (κ2) is 10.8. The number of aromatic nitrogens is 2. The molecule has 0 spiro atoms. The number of carbonyl (C=O) groups is 1. The topological polar surface area (TPSA) is 62.2 Å². The Labute approximate surface area is 219 Å². The highest BCUT2D eigenvalue weighted by molar-refractivity contribution is 7.80. The van der Waals surface area contributed by atoms with Crippen LogP contribution in [0, 0.1) is 13.8 Å². The molecule has 36 heavy (non-hydrogen) atoms. The minimum absolute atomic E-state index is 0.00537. The summed E-state index contributed by atoms with van der Waals surface area (Å²) in [5.41, 5.74) is 5.26. The molecule has 0 unspecified atom stereocenters. The van der Waals surface area contributed by atoms with Gasteiger partial charge in [-0.1, -0.05) is 37.5 Å². The Morgan fingerprint density at radius 2 is 1.94 bits per heavy atom. The number of rotatable bonds is 7. The number of carbonyl (C=O) groups excluding carboxylic acids is 1. The van der Waals surface area contributed by atoms with E-state index in [-0.39, 0.29) is 18.0 Å². The molecule has 1 saturated carbocycles. The molecule has 1 aliphatic heterocycles. The number of nitrogens with one attached hydrogen (secondary N) is 2. The lowest BCUT2D eigenvalue weighted by Gasteiger charge is -2.32. The fourth-order valence-electron chi connectivity index (χ4n) is 5.62. The van der Waals surface area contributed by atoms with Gasteiger partial charge in [-0.05, 0) is 80.4 Å². The first-order valence-electron chi connectivity index (χ1n) is 13.0. The van der Waals surface area contributed by atoms with Crippen LogP contribution in [0.5, 0.6) is 0 Å². The Morgan fingerprint density at radius 3 is 2.72 bits per heavy atom. The maximum absolute atomic E-state index is 13.0. The number of aryl methyl sites for hydroxylation is 2. The van der Waals surface area contributed by atoms with Crippen molar-refractivity contribution in [3.05, 3.63) is 83.4 Å². The van der Waals surface area contributed by atoms with Crippen LogP contribution in [0.15, 0.2) is 60.9 Å². The molecule has 3 aromatic rings. The van der Waals surface area contributed by atoms with E-state index in [1.807, 2.05) is 44.3 Å². The van der Waals surface area contributed by atoms with Crippen LogP contribution >= 0.6 is 12.2 Å². The number of nitrogens with zero attached hydrogens (tertiary/aromatic N) is 3. The zero-order chi connectivity index (χ0) is 25.1. The van der Waals surface area contributed by atoms with E-state index in [0.29, 0.717) is 24.1 Å². The maximum Gasteiger partial charge on any atom is 0.226 e. The van der Waals surface area contributed by atoms with E-state index in [0.717, 1.165) is 22.5 Å². The number of benzene rings is 1. The van der Waals surface area contributed by atoms with Gasteiger partial charge >= 0.3 is 0 Å².